The zero-order valence-corrected chi connectivity index (χ0v) is 21.2. The summed E-state index contributed by atoms with van der Waals surface area (Å²) in [6.45, 7) is 4.44. The lowest BCUT2D eigenvalue weighted by molar-refractivity contribution is 0.00701. The summed E-state index contributed by atoms with van der Waals surface area (Å²) in [4.78, 5) is 13.3. The fourth-order valence-corrected chi connectivity index (χ4v) is 5.44. The molecule has 3 atom stereocenters. The molecule has 37 heavy (non-hydrogen) atoms. The topological polar surface area (TPSA) is 81.7 Å². The Kier molecular flexibility index (Phi) is 5.74. The van der Waals surface area contributed by atoms with Crippen molar-refractivity contribution >= 4 is 5.97 Å². The van der Waals surface area contributed by atoms with E-state index < -0.39 is 12.1 Å². The molecule has 0 saturated carbocycles. The third-order valence-electron chi connectivity index (χ3n) is 7.48. The molecule has 192 valence electrons. The Labute approximate surface area is 214 Å². The van der Waals surface area contributed by atoms with Crippen molar-refractivity contribution in [3.8, 4) is 45.6 Å². The van der Waals surface area contributed by atoms with E-state index in [1.807, 2.05) is 30.3 Å². The fourth-order valence-electron chi connectivity index (χ4n) is 5.44. The van der Waals surface area contributed by atoms with Crippen LogP contribution < -0.4 is 28.4 Å². The largest absolute Gasteiger partial charge is 0.492 e. The monoisotopic (exact) mass is 504 g/mol. The Morgan fingerprint density at radius 2 is 1.46 bits per heavy atom. The number of fused-ring (bicyclic) bond motifs is 5. The summed E-state index contributed by atoms with van der Waals surface area (Å²) in [6.07, 6.45) is 0.101. The number of hydrogen-bond donors (Lipinski definition) is 0. The average molecular weight is 505 g/mol. The summed E-state index contributed by atoms with van der Waals surface area (Å²) in [5, 5.41) is 0. The van der Waals surface area contributed by atoms with E-state index in [9.17, 15) is 4.79 Å². The number of rotatable bonds is 4. The molecule has 3 aromatic carbocycles. The van der Waals surface area contributed by atoms with Crippen LogP contribution in [0.2, 0.25) is 0 Å². The number of carbonyl (C=O) groups is 1. The molecule has 6 rings (SSSR count). The lowest BCUT2D eigenvalue weighted by atomic mass is 9.76. The molecule has 1 aliphatic carbocycles. The first-order chi connectivity index (χ1) is 18.0. The van der Waals surface area contributed by atoms with Crippen LogP contribution in [0.5, 0.6) is 34.5 Å². The smallest absolute Gasteiger partial charge is 0.338 e. The van der Waals surface area contributed by atoms with Gasteiger partial charge >= 0.3 is 5.97 Å². The molecular formula is C29H28O8. The second-order valence-corrected chi connectivity index (χ2v) is 9.52. The van der Waals surface area contributed by atoms with Crippen molar-refractivity contribution in [2.24, 2.45) is 11.8 Å². The number of benzene rings is 3. The second kappa shape index (κ2) is 9.10. The predicted octanol–water partition coefficient (Wildman–Crippen LogP) is 5.55. The van der Waals surface area contributed by atoms with Crippen molar-refractivity contribution in [2.75, 3.05) is 27.8 Å². The molecule has 0 aromatic heterocycles. The highest BCUT2D eigenvalue weighted by Gasteiger charge is 2.40. The van der Waals surface area contributed by atoms with Gasteiger partial charge in [-0.15, -0.1) is 0 Å². The highest BCUT2D eigenvalue weighted by Crippen LogP contribution is 2.59. The van der Waals surface area contributed by atoms with E-state index >= 15 is 0 Å². The molecule has 0 fully saturated rings. The Bertz CT molecular complexity index is 1370. The van der Waals surface area contributed by atoms with E-state index in [0.29, 0.717) is 46.5 Å². The molecule has 3 aromatic rings. The van der Waals surface area contributed by atoms with Gasteiger partial charge in [-0.3, -0.25) is 0 Å². The Balaban J connectivity index is 1.63. The van der Waals surface area contributed by atoms with Crippen LogP contribution in [0.25, 0.3) is 11.1 Å². The van der Waals surface area contributed by atoms with Crippen molar-refractivity contribution < 1.29 is 38.0 Å². The molecule has 0 saturated heterocycles. The summed E-state index contributed by atoms with van der Waals surface area (Å²) in [6, 6.07) is 12.9. The van der Waals surface area contributed by atoms with E-state index in [0.717, 1.165) is 22.3 Å². The molecule has 2 heterocycles. The first-order valence-electron chi connectivity index (χ1n) is 12.3. The van der Waals surface area contributed by atoms with Crippen LogP contribution >= 0.6 is 0 Å². The highest BCUT2D eigenvalue weighted by molar-refractivity contribution is 5.91. The van der Waals surface area contributed by atoms with Crippen LogP contribution in [-0.2, 0) is 11.2 Å². The minimum absolute atomic E-state index is 0.0407. The van der Waals surface area contributed by atoms with Crippen molar-refractivity contribution in [1.29, 1.82) is 0 Å². The summed E-state index contributed by atoms with van der Waals surface area (Å²) in [5.74, 6) is 2.95. The lowest BCUT2D eigenvalue weighted by Gasteiger charge is -2.35. The van der Waals surface area contributed by atoms with Gasteiger partial charge in [-0.05, 0) is 42.2 Å². The zero-order chi connectivity index (χ0) is 25.7. The Morgan fingerprint density at radius 1 is 0.838 bits per heavy atom. The molecule has 2 aliphatic heterocycles. The molecule has 0 amide bonds. The van der Waals surface area contributed by atoms with Crippen LogP contribution in [0, 0.1) is 11.8 Å². The van der Waals surface area contributed by atoms with Crippen LogP contribution in [0.15, 0.2) is 42.5 Å². The minimum Gasteiger partial charge on any atom is -0.492 e. The maximum Gasteiger partial charge on any atom is 0.338 e. The minimum atomic E-state index is -0.593. The first-order valence-corrected chi connectivity index (χ1v) is 12.3. The summed E-state index contributed by atoms with van der Waals surface area (Å²) >= 11 is 0. The third-order valence-corrected chi connectivity index (χ3v) is 7.48. The van der Waals surface area contributed by atoms with E-state index in [1.165, 1.54) is 0 Å². The highest BCUT2D eigenvalue weighted by atomic mass is 16.7. The van der Waals surface area contributed by atoms with Gasteiger partial charge in [0.1, 0.15) is 6.10 Å². The molecule has 8 nitrogen and oxygen atoms in total. The van der Waals surface area contributed by atoms with E-state index in [1.54, 1.807) is 26.4 Å². The van der Waals surface area contributed by atoms with Gasteiger partial charge in [0.2, 0.25) is 25.1 Å². The molecule has 0 bridgehead atoms. The molecule has 8 heteroatoms. The van der Waals surface area contributed by atoms with Gasteiger partial charge in [-0.25, -0.2) is 4.79 Å². The van der Waals surface area contributed by atoms with Gasteiger partial charge in [0.05, 0.1) is 19.8 Å². The second-order valence-electron chi connectivity index (χ2n) is 9.52. The van der Waals surface area contributed by atoms with Gasteiger partial charge in [0.15, 0.2) is 23.0 Å². The Hall–Kier alpha value is -4.07. The zero-order valence-electron chi connectivity index (χ0n) is 21.2. The maximum absolute atomic E-state index is 13.3. The number of esters is 1. The van der Waals surface area contributed by atoms with Gasteiger partial charge in [-0.2, -0.15) is 0 Å². The van der Waals surface area contributed by atoms with E-state index in [2.05, 4.69) is 13.8 Å². The summed E-state index contributed by atoms with van der Waals surface area (Å²) < 4.78 is 41.3. The van der Waals surface area contributed by atoms with Crippen molar-refractivity contribution in [3.05, 3.63) is 59.2 Å². The van der Waals surface area contributed by atoms with Crippen molar-refractivity contribution in [3.63, 3.8) is 0 Å². The maximum atomic E-state index is 13.3. The molecule has 1 unspecified atom stereocenters. The molecule has 0 spiro atoms. The first kappa shape index (κ1) is 23.3. The fraction of sp³-hybridized carbons (Fsp3) is 0.345. The lowest BCUT2D eigenvalue weighted by Crippen LogP contribution is -2.26. The number of hydrogen-bond acceptors (Lipinski definition) is 8. The SMILES string of the molecule is COc1c2c(cc3c1-c1c(cc4c(c1OC)OCO4)C(OC(=O)c1ccccc1)[C@H](C)[C@@H](C)C3)OCO2. The molecule has 0 N–H and O–H groups in total. The molecule has 0 radical (unpaired) electrons. The number of ether oxygens (including phenoxy) is 7. The third kappa shape index (κ3) is 3.70. The number of carbonyl (C=O) groups excluding carboxylic acids is 1. The van der Waals surface area contributed by atoms with Crippen LogP contribution in [0.3, 0.4) is 0 Å². The van der Waals surface area contributed by atoms with Crippen LogP contribution in [-0.4, -0.2) is 33.8 Å². The molecule has 3 aliphatic rings. The standard InChI is InChI=1S/C29H28O8/c1-15-10-18-11-20-25(35-13-33-20)27(31-3)22(18)23-19(12-21-26(28(23)32-4)36-14-34-21)24(16(15)2)37-29(30)17-8-6-5-7-9-17/h5-9,11-12,15-16,24H,10,13-14H2,1-4H3/t15-,16+,24?/m0/s1. The van der Waals surface area contributed by atoms with Gasteiger partial charge in [-0.1, -0.05) is 32.0 Å². The predicted molar refractivity (Wildman–Crippen MR) is 134 cm³/mol. The van der Waals surface area contributed by atoms with E-state index in [4.69, 9.17) is 33.2 Å². The van der Waals surface area contributed by atoms with Crippen molar-refractivity contribution in [2.45, 2.75) is 26.4 Å². The van der Waals surface area contributed by atoms with Crippen LogP contribution in [0.4, 0.5) is 0 Å². The van der Waals surface area contributed by atoms with Crippen molar-refractivity contribution in [1.82, 2.24) is 0 Å². The van der Waals surface area contributed by atoms with Gasteiger partial charge < -0.3 is 33.2 Å². The number of methoxy groups -OCH3 is 2. The van der Waals surface area contributed by atoms with Gasteiger partial charge in [0.25, 0.3) is 0 Å². The average Bonchev–Trinajstić information content (AvgIpc) is 3.59. The molecular weight excluding hydrogens is 476 g/mol. The van der Waals surface area contributed by atoms with Crippen LogP contribution in [0.1, 0.15) is 41.4 Å². The summed E-state index contributed by atoms with van der Waals surface area (Å²) in [5.41, 5.74) is 3.78. The van der Waals surface area contributed by atoms with E-state index in [-0.39, 0.29) is 25.4 Å². The quantitative estimate of drug-likeness (QED) is 0.428. The Morgan fingerprint density at radius 3 is 2.11 bits per heavy atom. The van der Waals surface area contributed by atoms with Gasteiger partial charge in [0, 0.05) is 22.6 Å². The summed E-state index contributed by atoms with van der Waals surface area (Å²) in [7, 11) is 3.20. The normalized spacial score (nSPS) is 20.8.